The van der Waals surface area contributed by atoms with Gasteiger partial charge in [-0.25, -0.2) is 0 Å². The number of hydrogen-bond acceptors (Lipinski definition) is 3. The predicted octanol–water partition coefficient (Wildman–Crippen LogP) is 3.74. The lowest BCUT2D eigenvalue weighted by Gasteiger charge is -2.06. The number of aryl methyl sites for hydroxylation is 1. The highest BCUT2D eigenvalue weighted by atomic mass is 15.1. The van der Waals surface area contributed by atoms with Crippen molar-refractivity contribution in [3.05, 3.63) is 101 Å². The van der Waals surface area contributed by atoms with Crippen LogP contribution in [-0.4, -0.2) is 30.4 Å². The quantitative estimate of drug-likeness (QED) is 0.425. The molecule has 0 saturated heterocycles. The Morgan fingerprint density at radius 1 is 1.16 bits per heavy atom. The summed E-state index contributed by atoms with van der Waals surface area (Å²) in [6.07, 6.45) is 15.1. The van der Waals surface area contributed by atoms with E-state index in [2.05, 4.69) is 49.6 Å². The molecule has 0 radical (unpaired) electrons. The third-order valence-corrected chi connectivity index (χ3v) is 5.17. The number of rotatable bonds is 6. The van der Waals surface area contributed by atoms with Crippen LogP contribution in [0.25, 0.3) is 35.2 Å². The average molecular weight is 409 g/mol. The second-order valence-electron chi connectivity index (χ2n) is 7.25. The third kappa shape index (κ3) is 4.09. The van der Waals surface area contributed by atoms with Crippen molar-refractivity contribution in [2.45, 2.75) is 13.8 Å². The van der Waals surface area contributed by atoms with E-state index in [-0.39, 0.29) is 0 Å². The highest BCUT2D eigenvalue weighted by Crippen LogP contribution is 2.28. The summed E-state index contributed by atoms with van der Waals surface area (Å²) in [5.41, 5.74) is 8.03. The molecule has 6 heteroatoms. The van der Waals surface area contributed by atoms with E-state index in [4.69, 9.17) is 0 Å². The van der Waals surface area contributed by atoms with Crippen molar-refractivity contribution < 1.29 is 0 Å². The summed E-state index contributed by atoms with van der Waals surface area (Å²) in [7, 11) is 0. The van der Waals surface area contributed by atoms with E-state index in [9.17, 15) is 0 Å². The highest BCUT2D eigenvalue weighted by molar-refractivity contribution is 5.83. The van der Waals surface area contributed by atoms with Gasteiger partial charge in [-0.2, -0.15) is 10.2 Å². The summed E-state index contributed by atoms with van der Waals surface area (Å²) in [4.78, 5) is 7.70. The minimum atomic E-state index is 0.791. The van der Waals surface area contributed by atoms with Crippen LogP contribution in [0.3, 0.4) is 0 Å². The van der Waals surface area contributed by atoms with Gasteiger partial charge in [0.1, 0.15) is 5.69 Å². The lowest BCUT2D eigenvalue weighted by Crippen LogP contribution is -2.21. The fourth-order valence-electron chi connectivity index (χ4n) is 3.46. The standard InChI is InChI=1S/C25H24N6/c1-5-7-21(19-8-6-11-26-13-19)22-12-24(29-18(22)4)25-17(3)23(30-31-25)10-9-16(2)20-14-27-28-15-20/h5-15,29-30H,1,3H2,2,4H3,(H,27,28)/b16-9+,21-7-,23-10+. The normalized spacial score (nSPS) is 13.0. The molecule has 154 valence electrons. The van der Waals surface area contributed by atoms with E-state index < -0.39 is 0 Å². The van der Waals surface area contributed by atoms with E-state index in [1.807, 2.05) is 56.6 Å². The van der Waals surface area contributed by atoms with Crippen LogP contribution in [0.1, 0.15) is 29.3 Å². The molecule has 0 atom stereocenters. The van der Waals surface area contributed by atoms with Gasteiger partial charge in [-0.05, 0) is 43.2 Å². The smallest absolute Gasteiger partial charge is 0.116 e. The first kappa shape index (κ1) is 20.1. The molecule has 0 unspecified atom stereocenters. The lowest BCUT2D eigenvalue weighted by molar-refractivity contribution is 1.06. The first-order chi connectivity index (χ1) is 15.1. The Morgan fingerprint density at radius 3 is 2.74 bits per heavy atom. The summed E-state index contributed by atoms with van der Waals surface area (Å²) in [5, 5.41) is 16.1. The number of aromatic amines is 3. The second-order valence-corrected chi connectivity index (χ2v) is 7.25. The second kappa shape index (κ2) is 8.67. The van der Waals surface area contributed by atoms with Crippen molar-refractivity contribution in [2.75, 3.05) is 0 Å². The number of nitrogens with zero attached hydrogens (tertiary/aromatic N) is 3. The largest absolute Gasteiger partial charge is 0.357 e. The van der Waals surface area contributed by atoms with Gasteiger partial charge in [-0.1, -0.05) is 37.5 Å². The maximum Gasteiger partial charge on any atom is 0.116 e. The highest BCUT2D eigenvalue weighted by Gasteiger charge is 2.14. The number of aromatic nitrogens is 6. The molecule has 4 heterocycles. The molecule has 0 aliphatic carbocycles. The van der Waals surface area contributed by atoms with Gasteiger partial charge in [0.15, 0.2) is 0 Å². The van der Waals surface area contributed by atoms with Crippen LogP contribution < -0.4 is 10.6 Å². The van der Waals surface area contributed by atoms with Crippen LogP contribution >= 0.6 is 0 Å². The summed E-state index contributed by atoms with van der Waals surface area (Å²) < 4.78 is 0. The molecule has 0 aromatic carbocycles. The van der Waals surface area contributed by atoms with Crippen LogP contribution in [0, 0.1) is 6.92 Å². The van der Waals surface area contributed by atoms with E-state index in [0.717, 1.165) is 55.5 Å². The molecule has 31 heavy (non-hydrogen) atoms. The van der Waals surface area contributed by atoms with Crippen LogP contribution in [0.5, 0.6) is 0 Å². The van der Waals surface area contributed by atoms with Crippen molar-refractivity contribution >= 4 is 23.8 Å². The Balaban J connectivity index is 1.72. The number of pyridine rings is 1. The number of allylic oxidation sites excluding steroid dienone is 4. The first-order valence-electron chi connectivity index (χ1n) is 9.93. The minimum Gasteiger partial charge on any atom is -0.357 e. The lowest BCUT2D eigenvalue weighted by atomic mass is 9.99. The molecule has 4 aromatic heterocycles. The topological polar surface area (TPSA) is 86.0 Å². The van der Waals surface area contributed by atoms with Crippen LogP contribution in [0.4, 0.5) is 0 Å². The molecule has 3 N–H and O–H groups in total. The van der Waals surface area contributed by atoms with Crippen molar-refractivity contribution in [1.82, 2.24) is 30.4 Å². The zero-order valence-corrected chi connectivity index (χ0v) is 17.6. The Kier molecular flexibility index (Phi) is 5.62. The Bertz CT molecular complexity index is 1370. The van der Waals surface area contributed by atoms with Crippen LogP contribution in [0.2, 0.25) is 0 Å². The maximum absolute atomic E-state index is 4.51. The van der Waals surface area contributed by atoms with E-state index in [1.54, 1.807) is 18.5 Å². The molecule has 0 aliphatic heterocycles. The minimum absolute atomic E-state index is 0.791. The van der Waals surface area contributed by atoms with E-state index in [0.29, 0.717) is 0 Å². The van der Waals surface area contributed by atoms with Gasteiger partial charge in [0.05, 0.1) is 17.2 Å². The number of H-pyrrole nitrogens is 3. The summed E-state index contributed by atoms with van der Waals surface area (Å²) in [5.74, 6) is 0. The van der Waals surface area contributed by atoms with Crippen molar-refractivity contribution in [2.24, 2.45) is 0 Å². The predicted molar refractivity (Wildman–Crippen MR) is 126 cm³/mol. The molecule has 0 spiro atoms. The van der Waals surface area contributed by atoms with Gasteiger partial charge < -0.3 is 4.98 Å². The fourth-order valence-corrected chi connectivity index (χ4v) is 3.46. The van der Waals surface area contributed by atoms with Crippen molar-refractivity contribution in [1.29, 1.82) is 0 Å². The van der Waals surface area contributed by atoms with Crippen LogP contribution in [-0.2, 0) is 0 Å². The number of hydrogen-bond donors (Lipinski definition) is 3. The zero-order chi connectivity index (χ0) is 21.8. The van der Waals surface area contributed by atoms with Crippen LogP contribution in [0.15, 0.2) is 67.8 Å². The Hall–Kier alpha value is -4.19. The zero-order valence-electron chi connectivity index (χ0n) is 17.6. The van der Waals surface area contributed by atoms with Crippen molar-refractivity contribution in [3.63, 3.8) is 0 Å². The van der Waals surface area contributed by atoms with Crippen molar-refractivity contribution in [3.8, 4) is 11.4 Å². The average Bonchev–Trinajstić information content (AvgIpc) is 3.52. The first-order valence-corrected chi connectivity index (χ1v) is 9.93. The molecule has 4 aromatic rings. The number of nitrogens with one attached hydrogen (secondary N) is 3. The summed E-state index contributed by atoms with van der Waals surface area (Å²) >= 11 is 0. The molecule has 0 bridgehead atoms. The Morgan fingerprint density at radius 2 is 2.03 bits per heavy atom. The fraction of sp³-hybridized carbons (Fsp3) is 0.0800. The van der Waals surface area contributed by atoms with Gasteiger partial charge in [0.25, 0.3) is 0 Å². The molecule has 4 rings (SSSR count). The SMILES string of the molecule is C=C/C=C(/c1cccnc1)c1cc(-c2n[nH]/c(=C/C=C(\C)c3cn[nH]c3)c2=C)[nH]c1C. The van der Waals surface area contributed by atoms with Gasteiger partial charge in [0.2, 0.25) is 0 Å². The summed E-state index contributed by atoms with van der Waals surface area (Å²) in [6.45, 7) is 12.2. The molecule has 6 nitrogen and oxygen atoms in total. The molecule has 0 fully saturated rings. The molecule has 0 saturated carbocycles. The third-order valence-electron chi connectivity index (χ3n) is 5.17. The molecular weight excluding hydrogens is 384 g/mol. The Labute approximate surface area is 180 Å². The van der Waals surface area contributed by atoms with E-state index in [1.165, 1.54) is 0 Å². The molecule has 0 aliphatic rings. The maximum atomic E-state index is 4.51. The molecule has 0 amide bonds. The van der Waals surface area contributed by atoms with Gasteiger partial charge >= 0.3 is 0 Å². The van der Waals surface area contributed by atoms with Gasteiger partial charge in [0, 0.05) is 46.2 Å². The van der Waals surface area contributed by atoms with Gasteiger partial charge in [-0.3, -0.25) is 15.2 Å². The van der Waals surface area contributed by atoms with E-state index >= 15 is 0 Å². The monoisotopic (exact) mass is 408 g/mol. The molecular formula is C25H24N6. The van der Waals surface area contributed by atoms with Gasteiger partial charge in [-0.15, -0.1) is 0 Å². The summed E-state index contributed by atoms with van der Waals surface area (Å²) in [6, 6.07) is 6.06.